The zero-order chi connectivity index (χ0) is 14.5. The Labute approximate surface area is 117 Å². The minimum absolute atomic E-state index is 0.00304. The predicted octanol–water partition coefficient (Wildman–Crippen LogP) is 1.64. The Morgan fingerprint density at radius 1 is 1.45 bits per heavy atom. The van der Waals surface area contributed by atoms with Gasteiger partial charge in [-0.1, -0.05) is 17.7 Å². The second-order valence-electron chi connectivity index (χ2n) is 4.76. The van der Waals surface area contributed by atoms with Crippen LogP contribution in [-0.4, -0.2) is 40.1 Å². The molecule has 6 nitrogen and oxygen atoms in total. The molecule has 2 rings (SSSR count). The standard InChI is InChI=1S/C14H17N3O3/c1-10-4-6-17(7-5-10)14(20)16-9-11-2-3-12(13(18)19)15-8-11/h2-4,8H,5-7,9H2,1H3,(H,16,20)(H,18,19). The Kier molecular flexibility index (Phi) is 4.34. The van der Waals surface area contributed by atoms with Gasteiger partial charge in [-0.3, -0.25) is 0 Å². The average Bonchev–Trinajstić information content (AvgIpc) is 2.46. The second kappa shape index (κ2) is 6.18. The lowest BCUT2D eigenvalue weighted by Gasteiger charge is -2.25. The molecule has 0 saturated carbocycles. The lowest BCUT2D eigenvalue weighted by atomic mass is 10.1. The zero-order valence-electron chi connectivity index (χ0n) is 11.3. The molecule has 1 aliphatic rings. The molecule has 0 spiro atoms. The average molecular weight is 275 g/mol. The van der Waals surface area contributed by atoms with Gasteiger partial charge < -0.3 is 15.3 Å². The van der Waals surface area contributed by atoms with Crippen molar-refractivity contribution in [1.29, 1.82) is 0 Å². The molecule has 6 heteroatoms. The SMILES string of the molecule is CC1=CCN(C(=O)NCc2ccc(C(=O)O)nc2)CC1. The minimum atomic E-state index is -1.06. The second-order valence-corrected chi connectivity index (χ2v) is 4.76. The van der Waals surface area contributed by atoms with Crippen molar-refractivity contribution in [3.63, 3.8) is 0 Å². The molecule has 2 N–H and O–H groups in total. The Morgan fingerprint density at radius 3 is 2.80 bits per heavy atom. The van der Waals surface area contributed by atoms with Crippen molar-refractivity contribution in [2.75, 3.05) is 13.1 Å². The van der Waals surface area contributed by atoms with Gasteiger partial charge in [-0.05, 0) is 25.0 Å². The molecule has 0 atom stereocenters. The van der Waals surface area contributed by atoms with Crippen molar-refractivity contribution in [3.05, 3.63) is 41.2 Å². The number of amides is 2. The van der Waals surface area contributed by atoms with Gasteiger partial charge in [0.2, 0.25) is 0 Å². The first-order valence-corrected chi connectivity index (χ1v) is 6.43. The number of hydrogen-bond acceptors (Lipinski definition) is 3. The summed E-state index contributed by atoms with van der Waals surface area (Å²) in [6.07, 6.45) is 4.42. The van der Waals surface area contributed by atoms with E-state index in [1.807, 2.05) is 6.08 Å². The van der Waals surface area contributed by atoms with E-state index >= 15 is 0 Å². The molecular formula is C14H17N3O3. The normalized spacial score (nSPS) is 14.7. The van der Waals surface area contributed by atoms with Gasteiger partial charge in [-0.25, -0.2) is 14.6 Å². The van der Waals surface area contributed by atoms with Gasteiger partial charge in [-0.15, -0.1) is 0 Å². The number of carbonyl (C=O) groups is 2. The summed E-state index contributed by atoms with van der Waals surface area (Å²) in [7, 11) is 0. The van der Waals surface area contributed by atoms with E-state index in [-0.39, 0.29) is 11.7 Å². The van der Waals surface area contributed by atoms with Crippen LogP contribution in [0.25, 0.3) is 0 Å². The predicted molar refractivity (Wildman–Crippen MR) is 73.4 cm³/mol. The van der Waals surface area contributed by atoms with Gasteiger partial charge in [0.1, 0.15) is 5.69 Å². The highest BCUT2D eigenvalue weighted by atomic mass is 16.4. The molecule has 2 heterocycles. The number of carboxylic acids is 1. The Morgan fingerprint density at radius 2 is 2.25 bits per heavy atom. The van der Waals surface area contributed by atoms with Crippen LogP contribution in [0.5, 0.6) is 0 Å². The van der Waals surface area contributed by atoms with E-state index in [0.717, 1.165) is 18.5 Å². The zero-order valence-corrected chi connectivity index (χ0v) is 11.3. The van der Waals surface area contributed by atoms with Crippen molar-refractivity contribution in [2.24, 2.45) is 0 Å². The number of urea groups is 1. The van der Waals surface area contributed by atoms with Crippen LogP contribution in [0.2, 0.25) is 0 Å². The monoisotopic (exact) mass is 275 g/mol. The van der Waals surface area contributed by atoms with Crippen molar-refractivity contribution in [2.45, 2.75) is 19.9 Å². The molecule has 0 fully saturated rings. The largest absolute Gasteiger partial charge is 0.477 e. The lowest BCUT2D eigenvalue weighted by Crippen LogP contribution is -2.41. The van der Waals surface area contributed by atoms with Crippen molar-refractivity contribution in [1.82, 2.24) is 15.2 Å². The summed E-state index contributed by atoms with van der Waals surface area (Å²) >= 11 is 0. The molecule has 2 amide bonds. The number of carbonyl (C=O) groups excluding carboxylic acids is 1. The molecule has 20 heavy (non-hydrogen) atoms. The fourth-order valence-electron chi connectivity index (χ4n) is 1.90. The first kappa shape index (κ1) is 14.0. The molecule has 1 aliphatic heterocycles. The number of nitrogens with one attached hydrogen (secondary N) is 1. The van der Waals surface area contributed by atoms with Crippen LogP contribution in [0.15, 0.2) is 30.0 Å². The quantitative estimate of drug-likeness (QED) is 0.821. The van der Waals surface area contributed by atoms with Crippen LogP contribution in [0, 0.1) is 0 Å². The molecule has 0 saturated heterocycles. The maximum absolute atomic E-state index is 11.9. The Hall–Kier alpha value is -2.37. The van der Waals surface area contributed by atoms with Crippen LogP contribution in [0.3, 0.4) is 0 Å². The van der Waals surface area contributed by atoms with Gasteiger partial charge >= 0.3 is 12.0 Å². The lowest BCUT2D eigenvalue weighted by molar-refractivity contribution is 0.0690. The highest BCUT2D eigenvalue weighted by Crippen LogP contribution is 2.09. The van der Waals surface area contributed by atoms with Gasteiger partial charge in [-0.2, -0.15) is 0 Å². The van der Waals surface area contributed by atoms with Crippen LogP contribution in [-0.2, 0) is 6.54 Å². The van der Waals surface area contributed by atoms with E-state index in [0.29, 0.717) is 13.1 Å². The van der Waals surface area contributed by atoms with Crippen molar-refractivity contribution >= 4 is 12.0 Å². The van der Waals surface area contributed by atoms with E-state index < -0.39 is 5.97 Å². The van der Waals surface area contributed by atoms with Gasteiger partial charge in [0.05, 0.1) is 0 Å². The van der Waals surface area contributed by atoms with Gasteiger partial charge in [0.15, 0.2) is 0 Å². The fourth-order valence-corrected chi connectivity index (χ4v) is 1.90. The molecule has 0 aromatic carbocycles. The van der Waals surface area contributed by atoms with Crippen molar-refractivity contribution < 1.29 is 14.7 Å². The molecule has 0 bridgehead atoms. The van der Waals surface area contributed by atoms with Gasteiger partial charge in [0, 0.05) is 25.8 Å². The highest BCUT2D eigenvalue weighted by Gasteiger charge is 2.15. The van der Waals surface area contributed by atoms with E-state index in [2.05, 4.69) is 17.2 Å². The van der Waals surface area contributed by atoms with E-state index in [1.54, 1.807) is 11.0 Å². The smallest absolute Gasteiger partial charge is 0.354 e. The third-order valence-electron chi connectivity index (χ3n) is 3.21. The maximum Gasteiger partial charge on any atom is 0.354 e. The molecule has 106 valence electrons. The molecule has 0 unspecified atom stereocenters. The Bertz CT molecular complexity index is 537. The first-order chi connectivity index (χ1) is 9.56. The van der Waals surface area contributed by atoms with Crippen molar-refractivity contribution in [3.8, 4) is 0 Å². The number of hydrogen-bond donors (Lipinski definition) is 2. The highest BCUT2D eigenvalue weighted by molar-refractivity contribution is 5.85. The number of nitrogens with zero attached hydrogens (tertiary/aromatic N) is 2. The van der Waals surface area contributed by atoms with Crippen LogP contribution in [0.4, 0.5) is 4.79 Å². The summed E-state index contributed by atoms with van der Waals surface area (Å²) < 4.78 is 0. The molecule has 1 aromatic rings. The van der Waals surface area contributed by atoms with Crippen LogP contribution in [0.1, 0.15) is 29.4 Å². The fraction of sp³-hybridized carbons (Fsp3) is 0.357. The number of aromatic nitrogens is 1. The third-order valence-corrected chi connectivity index (χ3v) is 3.21. The van der Waals surface area contributed by atoms with E-state index in [4.69, 9.17) is 5.11 Å². The van der Waals surface area contributed by atoms with Crippen LogP contribution >= 0.6 is 0 Å². The topological polar surface area (TPSA) is 82.5 Å². The third kappa shape index (κ3) is 3.57. The van der Waals surface area contributed by atoms with E-state index in [9.17, 15) is 9.59 Å². The summed E-state index contributed by atoms with van der Waals surface area (Å²) in [5.41, 5.74) is 2.08. The summed E-state index contributed by atoms with van der Waals surface area (Å²) in [4.78, 5) is 28.1. The number of carboxylic acid groups (broad SMARTS) is 1. The van der Waals surface area contributed by atoms with E-state index in [1.165, 1.54) is 17.8 Å². The minimum Gasteiger partial charge on any atom is -0.477 e. The summed E-state index contributed by atoms with van der Waals surface area (Å²) in [5.74, 6) is -1.06. The Balaban J connectivity index is 1.85. The summed E-state index contributed by atoms with van der Waals surface area (Å²) in [5, 5.41) is 11.5. The summed E-state index contributed by atoms with van der Waals surface area (Å²) in [6.45, 7) is 3.76. The number of pyridine rings is 1. The molecule has 0 aliphatic carbocycles. The summed E-state index contributed by atoms with van der Waals surface area (Å²) in [6, 6.07) is 2.96. The molecular weight excluding hydrogens is 258 g/mol. The molecule has 0 radical (unpaired) electrons. The molecule has 1 aromatic heterocycles. The number of rotatable bonds is 3. The first-order valence-electron chi connectivity index (χ1n) is 6.43. The van der Waals surface area contributed by atoms with Crippen LogP contribution < -0.4 is 5.32 Å². The van der Waals surface area contributed by atoms with Gasteiger partial charge in [0.25, 0.3) is 0 Å². The number of aromatic carboxylic acids is 1. The maximum atomic E-state index is 11.9.